The highest BCUT2D eigenvalue weighted by molar-refractivity contribution is 4.91. The van der Waals surface area contributed by atoms with Crippen LogP contribution in [0.1, 0.15) is 53.8 Å². The van der Waals surface area contributed by atoms with E-state index in [0.29, 0.717) is 17.4 Å². The van der Waals surface area contributed by atoms with Gasteiger partial charge in [-0.2, -0.15) is 5.10 Å². The number of nitrogens with zero attached hydrogens (tertiary/aromatic N) is 3. The van der Waals surface area contributed by atoms with Gasteiger partial charge in [0.2, 0.25) is 0 Å². The molecule has 19 heavy (non-hydrogen) atoms. The van der Waals surface area contributed by atoms with Gasteiger partial charge in [0.25, 0.3) is 0 Å². The van der Waals surface area contributed by atoms with E-state index in [-0.39, 0.29) is 0 Å². The zero-order valence-corrected chi connectivity index (χ0v) is 13.4. The summed E-state index contributed by atoms with van der Waals surface area (Å²) < 4.78 is 1.99. The fourth-order valence-corrected chi connectivity index (χ4v) is 2.24. The van der Waals surface area contributed by atoms with Gasteiger partial charge in [0.1, 0.15) is 12.2 Å². The van der Waals surface area contributed by atoms with E-state index >= 15 is 0 Å². The Balaban J connectivity index is 2.68. The second-order valence-electron chi connectivity index (χ2n) is 6.45. The fourth-order valence-electron chi connectivity index (χ4n) is 2.24. The third-order valence-corrected chi connectivity index (χ3v) is 4.03. The maximum atomic E-state index is 4.39. The number of aryl methyl sites for hydroxylation is 1. The molecule has 4 heteroatoms. The maximum absolute atomic E-state index is 4.39. The predicted octanol–water partition coefficient (Wildman–Crippen LogP) is 2.89. The maximum Gasteiger partial charge on any atom is 0.138 e. The first-order chi connectivity index (χ1) is 8.88. The molecule has 1 rings (SSSR count). The van der Waals surface area contributed by atoms with Crippen molar-refractivity contribution in [3.8, 4) is 0 Å². The van der Waals surface area contributed by atoms with Crippen LogP contribution in [0.15, 0.2) is 6.33 Å². The lowest BCUT2D eigenvalue weighted by molar-refractivity contribution is 0.221. The second kappa shape index (κ2) is 7.04. The summed E-state index contributed by atoms with van der Waals surface area (Å²) in [5, 5.41) is 7.85. The lowest BCUT2D eigenvalue weighted by Crippen LogP contribution is -2.36. The lowest BCUT2D eigenvalue weighted by atomic mass is 9.78. The molecule has 2 unspecified atom stereocenters. The molecule has 0 bridgehead atoms. The van der Waals surface area contributed by atoms with Crippen molar-refractivity contribution in [2.45, 2.75) is 67.0 Å². The molecule has 0 aliphatic rings. The van der Waals surface area contributed by atoms with Crippen LogP contribution in [0.2, 0.25) is 0 Å². The lowest BCUT2D eigenvalue weighted by Gasteiger charge is -2.31. The summed E-state index contributed by atoms with van der Waals surface area (Å²) in [7, 11) is 0. The SMILES string of the molecule is CCNC(Cc1ncnn1CC)CC(C)C(C)(C)C. The molecule has 4 nitrogen and oxygen atoms in total. The second-order valence-corrected chi connectivity index (χ2v) is 6.45. The molecule has 0 saturated carbocycles. The third kappa shape index (κ3) is 4.94. The van der Waals surface area contributed by atoms with Gasteiger partial charge in [-0.15, -0.1) is 0 Å². The van der Waals surface area contributed by atoms with Crippen LogP contribution in [0, 0.1) is 11.3 Å². The highest BCUT2D eigenvalue weighted by atomic mass is 15.3. The molecule has 0 aliphatic heterocycles. The van der Waals surface area contributed by atoms with Crippen LogP contribution in [-0.2, 0) is 13.0 Å². The highest BCUT2D eigenvalue weighted by Crippen LogP contribution is 2.29. The van der Waals surface area contributed by atoms with Crippen molar-refractivity contribution in [2.75, 3.05) is 6.54 Å². The Labute approximate surface area is 118 Å². The fraction of sp³-hybridized carbons (Fsp3) is 0.867. The van der Waals surface area contributed by atoms with E-state index in [1.54, 1.807) is 6.33 Å². The average Bonchev–Trinajstić information content (AvgIpc) is 2.75. The van der Waals surface area contributed by atoms with Gasteiger partial charge in [-0.25, -0.2) is 4.98 Å². The molecule has 0 saturated heterocycles. The number of rotatable bonds is 7. The molecule has 1 aromatic heterocycles. The molecular weight excluding hydrogens is 236 g/mol. The quantitative estimate of drug-likeness (QED) is 0.825. The van der Waals surface area contributed by atoms with Crippen molar-refractivity contribution in [3.05, 3.63) is 12.2 Å². The van der Waals surface area contributed by atoms with E-state index in [1.807, 2.05) is 4.68 Å². The summed E-state index contributed by atoms with van der Waals surface area (Å²) in [6.07, 6.45) is 3.80. The molecule has 1 aromatic rings. The molecule has 0 aliphatic carbocycles. The molecular formula is C15H30N4. The Morgan fingerprint density at radius 1 is 1.32 bits per heavy atom. The van der Waals surface area contributed by atoms with E-state index < -0.39 is 0 Å². The van der Waals surface area contributed by atoms with Crippen LogP contribution in [0.25, 0.3) is 0 Å². The molecule has 110 valence electrons. The van der Waals surface area contributed by atoms with Gasteiger partial charge < -0.3 is 5.32 Å². The monoisotopic (exact) mass is 266 g/mol. The minimum Gasteiger partial charge on any atom is -0.314 e. The molecule has 0 amide bonds. The Hall–Kier alpha value is -0.900. The van der Waals surface area contributed by atoms with Gasteiger partial charge in [-0.05, 0) is 31.2 Å². The normalized spacial score (nSPS) is 15.5. The van der Waals surface area contributed by atoms with Crippen LogP contribution in [0.4, 0.5) is 0 Å². The van der Waals surface area contributed by atoms with E-state index in [4.69, 9.17) is 0 Å². The van der Waals surface area contributed by atoms with Gasteiger partial charge in [0.05, 0.1) is 0 Å². The summed E-state index contributed by atoms with van der Waals surface area (Å²) in [5.74, 6) is 1.77. The Bertz CT molecular complexity index is 364. The van der Waals surface area contributed by atoms with Crippen molar-refractivity contribution < 1.29 is 0 Å². The van der Waals surface area contributed by atoms with Gasteiger partial charge >= 0.3 is 0 Å². The zero-order chi connectivity index (χ0) is 14.5. The van der Waals surface area contributed by atoms with E-state index in [9.17, 15) is 0 Å². The van der Waals surface area contributed by atoms with Gasteiger partial charge in [-0.3, -0.25) is 4.68 Å². The van der Waals surface area contributed by atoms with Crippen LogP contribution < -0.4 is 5.32 Å². The minimum absolute atomic E-state index is 0.353. The van der Waals surface area contributed by atoms with Gasteiger partial charge in [-0.1, -0.05) is 34.6 Å². The molecule has 0 aromatic carbocycles. The Morgan fingerprint density at radius 3 is 2.53 bits per heavy atom. The zero-order valence-electron chi connectivity index (χ0n) is 13.4. The summed E-state index contributed by atoms with van der Waals surface area (Å²) in [6, 6.07) is 0.480. The molecule has 0 fully saturated rings. The predicted molar refractivity (Wildman–Crippen MR) is 80.1 cm³/mol. The third-order valence-electron chi connectivity index (χ3n) is 4.03. The molecule has 0 spiro atoms. The first kappa shape index (κ1) is 16.2. The van der Waals surface area contributed by atoms with Crippen LogP contribution in [-0.4, -0.2) is 27.4 Å². The Morgan fingerprint density at radius 2 is 2.00 bits per heavy atom. The largest absolute Gasteiger partial charge is 0.314 e. The van der Waals surface area contributed by atoms with Crippen LogP contribution >= 0.6 is 0 Å². The Kier molecular flexibility index (Phi) is 5.98. The summed E-state index contributed by atoms with van der Waals surface area (Å²) in [5.41, 5.74) is 0.353. The molecule has 0 radical (unpaired) electrons. The number of nitrogens with one attached hydrogen (secondary N) is 1. The molecule has 1 heterocycles. The van der Waals surface area contributed by atoms with Crippen molar-refractivity contribution in [2.24, 2.45) is 11.3 Å². The summed E-state index contributed by atoms with van der Waals surface area (Å²) in [6.45, 7) is 15.5. The number of hydrogen-bond acceptors (Lipinski definition) is 3. The first-order valence-corrected chi connectivity index (χ1v) is 7.48. The van der Waals surface area contributed by atoms with Crippen molar-refractivity contribution in [1.29, 1.82) is 0 Å². The average molecular weight is 266 g/mol. The first-order valence-electron chi connectivity index (χ1n) is 7.48. The van der Waals surface area contributed by atoms with Crippen LogP contribution in [0.3, 0.4) is 0 Å². The minimum atomic E-state index is 0.353. The van der Waals surface area contributed by atoms with Crippen molar-refractivity contribution in [3.63, 3.8) is 0 Å². The highest BCUT2D eigenvalue weighted by Gasteiger charge is 2.24. The molecule has 2 atom stereocenters. The molecule has 1 N–H and O–H groups in total. The topological polar surface area (TPSA) is 42.7 Å². The van der Waals surface area contributed by atoms with E-state index in [1.165, 1.54) is 6.42 Å². The number of likely N-dealkylation sites (N-methyl/N-ethyl adjacent to an activating group) is 1. The summed E-state index contributed by atoms with van der Waals surface area (Å²) >= 11 is 0. The van der Waals surface area contributed by atoms with Gasteiger partial charge in [0.15, 0.2) is 0 Å². The number of aromatic nitrogens is 3. The van der Waals surface area contributed by atoms with Crippen molar-refractivity contribution >= 4 is 0 Å². The van der Waals surface area contributed by atoms with Crippen molar-refractivity contribution in [1.82, 2.24) is 20.1 Å². The number of hydrogen-bond donors (Lipinski definition) is 1. The van der Waals surface area contributed by atoms with E-state index in [2.05, 4.69) is 56.9 Å². The van der Waals surface area contributed by atoms with Crippen LogP contribution in [0.5, 0.6) is 0 Å². The smallest absolute Gasteiger partial charge is 0.138 e. The standard InChI is InChI=1S/C15H30N4/c1-7-16-13(9-12(3)15(4,5)6)10-14-17-11-18-19(14)8-2/h11-13,16H,7-10H2,1-6H3. The van der Waals surface area contributed by atoms with E-state index in [0.717, 1.165) is 25.3 Å². The van der Waals surface area contributed by atoms with Gasteiger partial charge in [0, 0.05) is 19.0 Å². The summed E-state index contributed by atoms with van der Waals surface area (Å²) in [4.78, 5) is 4.39.